The number of carbonyl (C=O) groups excluding carboxylic acids is 1. The van der Waals surface area contributed by atoms with E-state index >= 15 is 0 Å². The molecule has 0 aliphatic carbocycles. The first-order valence-corrected chi connectivity index (χ1v) is 11.7. The minimum atomic E-state index is 0.122. The molecule has 3 aromatic heterocycles. The van der Waals surface area contributed by atoms with Crippen molar-refractivity contribution in [2.75, 3.05) is 13.1 Å². The Kier molecular flexibility index (Phi) is 5.59. The lowest BCUT2D eigenvalue weighted by molar-refractivity contribution is -0.132. The summed E-state index contributed by atoms with van der Waals surface area (Å²) in [5, 5.41) is 11.8. The number of aryl methyl sites for hydroxylation is 2. The van der Waals surface area contributed by atoms with E-state index in [0.29, 0.717) is 24.7 Å². The van der Waals surface area contributed by atoms with Gasteiger partial charge in [-0.25, -0.2) is 0 Å². The van der Waals surface area contributed by atoms with Crippen molar-refractivity contribution < 1.29 is 9.21 Å². The Balaban J connectivity index is 1.18. The highest BCUT2D eigenvalue weighted by Gasteiger charge is 2.28. The second-order valence-electron chi connectivity index (χ2n) is 8.24. The van der Waals surface area contributed by atoms with E-state index in [0.717, 1.165) is 37.1 Å². The van der Waals surface area contributed by atoms with E-state index in [1.807, 2.05) is 22.4 Å². The van der Waals surface area contributed by atoms with Gasteiger partial charge in [-0.1, -0.05) is 24.3 Å². The summed E-state index contributed by atoms with van der Waals surface area (Å²) in [6, 6.07) is 12.4. The molecule has 4 aromatic rings. The van der Waals surface area contributed by atoms with Crippen molar-refractivity contribution in [1.29, 1.82) is 0 Å². The zero-order valence-corrected chi connectivity index (χ0v) is 18.5. The third-order valence-electron chi connectivity index (χ3n) is 6.11. The van der Waals surface area contributed by atoms with Crippen LogP contribution in [0.5, 0.6) is 0 Å². The van der Waals surface area contributed by atoms with Crippen LogP contribution >= 0.6 is 11.3 Å². The maximum atomic E-state index is 12.9. The summed E-state index contributed by atoms with van der Waals surface area (Å²) >= 11 is 1.59. The number of carbonyl (C=O) groups is 1. The number of aromatic nitrogens is 3. The highest BCUT2D eigenvalue weighted by atomic mass is 32.1. The molecule has 1 saturated heterocycles. The Morgan fingerprint density at radius 1 is 1.23 bits per heavy atom. The smallest absolute Gasteiger partial charge is 0.257 e. The third kappa shape index (κ3) is 4.14. The minimum Gasteiger partial charge on any atom is -0.420 e. The number of rotatable bonds is 6. The van der Waals surface area contributed by atoms with Crippen LogP contribution in [0, 0.1) is 0 Å². The molecule has 1 atom stereocenters. The van der Waals surface area contributed by atoms with Gasteiger partial charge in [-0.3, -0.25) is 4.79 Å². The van der Waals surface area contributed by atoms with Gasteiger partial charge in [0.1, 0.15) is 0 Å². The Morgan fingerprint density at radius 3 is 3.00 bits per heavy atom. The van der Waals surface area contributed by atoms with Gasteiger partial charge in [-0.2, -0.15) is 0 Å². The number of piperidine rings is 1. The monoisotopic (exact) mass is 434 g/mol. The van der Waals surface area contributed by atoms with Gasteiger partial charge in [-0.15, -0.1) is 21.5 Å². The molecular formula is C24H26N4O2S. The highest BCUT2D eigenvalue weighted by Crippen LogP contribution is 2.30. The number of thiophene rings is 1. The number of para-hydroxylation sites is 1. The first-order chi connectivity index (χ1) is 15.2. The number of benzene rings is 1. The van der Waals surface area contributed by atoms with Crippen molar-refractivity contribution in [2.24, 2.45) is 7.05 Å². The maximum Gasteiger partial charge on any atom is 0.257 e. The standard InChI is InChI=1S/C24H26N4O2S/c1-27-15-17(19-9-2-3-10-20(19)27)7-4-12-22(29)28-13-5-8-18(16-28)23-25-26-24(30-23)21-11-6-14-31-21/h2-3,6,9-11,14-15,18H,4-5,7-8,12-13,16H2,1H3/t18-/m0/s1. The van der Waals surface area contributed by atoms with Crippen molar-refractivity contribution >= 4 is 28.1 Å². The molecule has 1 aromatic carbocycles. The quantitative estimate of drug-likeness (QED) is 0.427. The Morgan fingerprint density at radius 2 is 2.13 bits per heavy atom. The fourth-order valence-corrected chi connectivity index (χ4v) is 5.16. The zero-order valence-electron chi connectivity index (χ0n) is 17.7. The molecule has 31 heavy (non-hydrogen) atoms. The lowest BCUT2D eigenvalue weighted by atomic mass is 9.97. The van der Waals surface area contributed by atoms with Gasteiger partial charge in [0.15, 0.2) is 0 Å². The zero-order chi connectivity index (χ0) is 21.2. The van der Waals surface area contributed by atoms with Gasteiger partial charge < -0.3 is 13.9 Å². The van der Waals surface area contributed by atoms with Crippen LogP contribution in [-0.2, 0) is 18.3 Å². The van der Waals surface area contributed by atoms with Crippen LogP contribution in [0.2, 0.25) is 0 Å². The normalized spacial score (nSPS) is 16.8. The molecule has 1 fully saturated rings. The van der Waals surface area contributed by atoms with Crippen LogP contribution in [0.15, 0.2) is 52.4 Å². The van der Waals surface area contributed by atoms with E-state index in [2.05, 4.69) is 52.3 Å². The minimum absolute atomic E-state index is 0.122. The number of amides is 1. The van der Waals surface area contributed by atoms with Gasteiger partial charge in [-0.05, 0) is 48.8 Å². The second-order valence-corrected chi connectivity index (χ2v) is 9.19. The Hall–Kier alpha value is -2.93. The van der Waals surface area contributed by atoms with Crippen molar-refractivity contribution in [3.63, 3.8) is 0 Å². The van der Waals surface area contributed by atoms with Crippen molar-refractivity contribution in [3.8, 4) is 10.8 Å². The SMILES string of the molecule is Cn1cc(CCCC(=O)N2CCC[C@H](c3nnc(-c4cccs4)o3)C2)c2ccccc21. The molecule has 6 nitrogen and oxygen atoms in total. The van der Waals surface area contributed by atoms with Gasteiger partial charge in [0.25, 0.3) is 5.89 Å². The largest absolute Gasteiger partial charge is 0.420 e. The van der Waals surface area contributed by atoms with Crippen LogP contribution < -0.4 is 0 Å². The maximum absolute atomic E-state index is 12.9. The van der Waals surface area contributed by atoms with E-state index in [4.69, 9.17) is 4.42 Å². The first kappa shape index (κ1) is 20.0. The Bertz CT molecular complexity index is 1180. The van der Waals surface area contributed by atoms with Crippen LogP contribution in [-0.4, -0.2) is 38.7 Å². The van der Waals surface area contributed by atoms with Crippen molar-refractivity contribution in [1.82, 2.24) is 19.7 Å². The molecule has 0 bridgehead atoms. The first-order valence-electron chi connectivity index (χ1n) is 10.9. The van der Waals surface area contributed by atoms with Crippen LogP contribution in [0.3, 0.4) is 0 Å². The molecule has 0 spiro atoms. The second kappa shape index (κ2) is 8.67. The predicted molar refractivity (Wildman–Crippen MR) is 122 cm³/mol. The fourth-order valence-electron chi connectivity index (χ4n) is 4.52. The van der Waals surface area contributed by atoms with E-state index in [-0.39, 0.29) is 11.8 Å². The van der Waals surface area contributed by atoms with Gasteiger partial charge in [0.2, 0.25) is 11.8 Å². The molecule has 1 amide bonds. The molecule has 0 N–H and O–H groups in total. The van der Waals surface area contributed by atoms with Crippen LogP contribution in [0.4, 0.5) is 0 Å². The molecule has 0 radical (unpaired) electrons. The number of hydrogen-bond acceptors (Lipinski definition) is 5. The van der Waals surface area contributed by atoms with Gasteiger partial charge in [0.05, 0.1) is 10.8 Å². The number of hydrogen-bond donors (Lipinski definition) is 0. The summed E-state index contributed by atoms with van der Waals surface area (Å²) in [7, 11) is 2.08. The molecule has 7 heteroatoms. The van der Waals surface area contributed by atoms with Crippen molar-refractivity contribution in [2.45, 2.75) is 38.0 Å². The molecule has 1 aliphatic rings. The Labute approximate surface area is 185 Å². The van der Waals surface area contributed by atoms with Gasteiger partial charge in [0, 0.05) is 43.7 Å². The molecule has 160 valence electrons. The predicted octanol–water partition coefficient (Wildman–Crippen LogP) is 5.02. The van der Waals surface area contributed by atoms with E-state index in [1.54, 1.807) is 11.3 Å². The summed E-state index contributed by atoms with van der Waals surface area (Å²) in [6.07, 6.45) is 6.48. The lowest BCUT2D eigenvalue weighted by Crippen LogP contribution is -2.39. The average Bonchev–Trinajstić information content (AvgIpc) is 3.55. The molecule has 4 heterocycles. The summed E-state index contributed by atoms with van der Waals surface area (Å²) in [5.74, 6) is 1.57. The molecule has 1 aliphatic heterocycles. The van der Waals surface area contributed by atoms with E-state index in [1.165, 1.54) is 16.5 Å². The summed E-state index contributed by atoms with van der Waals surface area (Å²) in [6.45, 7) is 1.48. The third-order valence-corrected chi connectivity index (χ3v) is 6.97. The lowest BCUT2D eigenvalue weighted by Gasteiger charge is -2.31. The fraction of sp³-hybridized carbons (Fsp3) is 0.375. The van der Waals surface area contributed by atoms with E-state index in [9.17, 15) is 4.79 Å². The molecule has 0 unspecified atom stereocenters. The van der Waals surface area contributed by atoms with Crippen molar-refractivity contribution in [3.05, 3.63) is 59.4 Å². The van der Waals surface area contributed by atoms with Crippen LogP contribution in [0.1, 0.15) is 43.1 Å². The molecule has 0 saturated carbocycles. The van der Waals surface area contributed by atoms with Crippen LogP contribution in [0.25, 0.3) is 21.7 Å². The summed E-state index contributed by atoms with van der Waals surface area (Å²) in [5.41, 5.74) is 2.55. The molecular weight excluding hydrogens is 408 g/mol. The van der Waals surface area contributed by atoms with Gasteiger partial charge >= 0.3 is 0 Å². The average molecular weight is 435 g/mol. The van der Waals surface area contributed by atoms with E-state index < -0.39 is 0 Å². The summed E-state index contributed by atoms with van der Waals surface area (Å²) < 4.78 is 8.09. The summed E-state index contributed by atoms with van der Waals surface area (Å²) in [4.78, 5) is 15.8. The number of fused-ring (bicyclic) bond motifs is 1. The highest BCUT2D eigenvalue weighted by molar-refractivity contribution is 7.13. The number of likely N-dealkylation sites (tertiary alicyclic amines) is 1. The topological polar surface area (TPSA) is 64.2 Å². The number of nitrogens with zero attached hydrogens (tertiary/aromatic N) is 4. The molecule has 5 rings (SSSR count).